The first-order chi connectivity index (χ1) is 11.6. The van der Waals surface area contributed by atoms with Gasteiger partial charge >= 0.3 is 6.03 Å². The normalized spacial score (nSPS) is 23.5. The Bertz CT molecular complexity index is 527. The minimum atomic E-state index is -0.310. The predicted octanol–water partition coefficient (Wildman–Crippen LogP) is 0.336. The first-order valence-corrected chi connectivity index (χ1v) is 8.28. The van der Waals surface area contributed by atoms with Gasteiger partial charge in [-0.3, -0.25) is 10.6 Å². The van der Waals surface area contributed by atoms with Crippen LogP contribution in [0.1, 0.15) is 19.8 Å². The molecule has 0 bridgehead atoms. The van der Waals surface area contributed by atoms with E-state index in [4.69, 9.17) is 10.5 Å². The lowest BCUT2D eigenvalue weighted by Gasteiger charge is -2.36. The fraction of sp³-hybridized carbons (Fsp3) is 0.562. The Morgan fingerprint density at radius 3 is 3.00 bits per heavy atom. The molecule has 0 spiro atoms. The Morgan fingerprint density at radius 2 is 2.25 bits per heavy atom. The van der Waals surface area contributed by atoms with Crippen molar-refractivity contribution < 1.29 is 9.53 Å². The zero-order valence-electron chi connectivity index (χ0n) is 14.3. The van der Waals surface area contributed by atoms with Crippen molar-refractivity contribution in [2.45, 2.75) is 38.3 Å². The van der Waals surface area contributed by atoms with Gasteiger partial charge in [-0.1, -0.05) is 6.07 Å². The lowest BCUT2D eigenvalue weighted by Crippen LogP contribution is -2.67. The lowest BCUT2D eigenvalue weighted by molar-refractivity contribution is 0.193. The number of methoxy groups -OCH3 is 1. The first-order valence-electron chi connectivity index (χ1n) is 8.28. The number of nitrogens with one attached hydrogen (secondary N) is 5. The van der Waals surface area contributed by atoms with E-state index in [0.29, 0.717) is 18.0 Å². The number of benzene rings is 1. The Labute approximate surface area is 142 Å². The van der Waals surface area contributed by atoms with Gasteiger partial charge in [0.15, 0.2) is 0 Å². The van der Waals surface area contributed by atoms with Gasteiger partial charge in [0.05, 0.1) is 13.3 Å². The van der Waals surface area contributed by atoms with Crippen molar-refractivity contribution in [2.24, 2.45) is 5.73 Å². The molecule has 24 heavy (non-hydrogen) atoms. The van der Waals surface area contributed by atoms with Crippen LogP contribution in [-0.2, 0) is 0 Å². The molecular weight excluding hydrogens is 308 g/mol. The molecule has 2 amide bonds. The maximum atomic E-state index is 12.2. The van der Waals surface area contributed by atoms with Crippen LogP contribution in [0, 0.1) is 0 Å². The predicted molar refractivity (Wildman–Crippen MR) is 94.7 cm³/mol. The highest BCUT2D eigenvalue weighted by Crippen LogP contribution is 2.16. The molecule has 1 saturated heterocycles. The van der Waals surface area contributed by atoms with E-state index in [0.717, 1.165) is 19.4 Å². The van der Waals surface area contributed by atoms with Gasteiger partial charge in [-0.25, -0.2) is 4.79 Å². The van der Waals surface area contributed by atoms with Gasteiger partial charge in [-0.2, -0.15) is 0 Å². The number of hydrogen-bond donors (Lipinski definition) is 6. The van der Waals surface area contributed by atoms with E-state index in [1.807, 2.05) is 18.2 Å². The van der Waals surface area contributed by atoms with E-state index in [9.17, 15) is 4.79 Å². The highest BCUT2D eigenvalue weighted by molar-refractivity contribution is 5.89. The first kappa shape index (κ1) is 18.5. The molecule has 7 N–H and O–H groups in total. The molecule has 8 nitrogen and oxygen atoms in total. The van der Waals surface area contributed by atoms with Crippen molar-refractivity contribution in [3.63, 3.8) is 0 Å². The fourth-order valence-corrected chi connectivity index (χ4v) is 2.63. The molecule has 1 aliphatic rings. The monoisotopic (exact) mass is 336 g/mol. The van der Waals surface area contributed by atoms with E-state index in [1.54, 1.807) is 13.2 Å². The molecule has 0 aromatic heterocycles. The lowest BCUT2D eigenvalue weighted by atomic mass is 10.1. The van der Waals surface area contributed by atoms with E-state index in [2.05, 4.69) is 33.5 Å². The fourth-order valence-electron chi connectivity index (χ4n) is 2.63. The quantitative estimate of drug-likeness (QED) is 0.400. The molecule has 1 aromatic carbocycles. The van der Waals surface area contributed by atoms with E-state index in [-0.39, 0.29) is 24.5 Å². The number of ether oxygens (including phenoxy) is 1. The van der Waals surface area contributed by atoms with Crippen LogP contribution in [0.5, 0.6) is 5.75 Å². The van der Waals surface area contributed by atoms with E-state index < -0.39 is 0 Å². The number of carbonyl (C=O) groups is 1. The molecule has 0 radical (unpaired) electrons. The minimum Gasteiger partial charge on any atom is -0.497 e. The number of urea groups is 1. The SMILES string of the molecule is COc1cccc(NC(=O)NC2NC(C)CC(NCCCN)N2)c1. The second-order valence-corrected chi connectivity index (χ2v) is 5.88. The van der Waals surface area contributed by atoms with Crippen molar-refractivity contribution in [3.05, 3.63) is 24.3 Å². The summed E-state index contributed by atoms with van der Waals surface area (Å²) in [4.78, 5) is 12.2. The van der Waals surface area contributed by atoms with Crippen LogP contribution >= 0.6 is 0 Å². The molecule has 3 unspecified atom stereocenters. The summed E-state index contributed by atoms with van der Waals surface area (Å²) in [6.07, 6.45) is 1.68. The van der Waals surface area contributed by atoms with Crippen LogP contribution in [0.25, 0.3) is 0 Å². The van der Waals surface area contributed by atoms with Crippen LogP contribution in [0.2, 0.25) is 0 Å². The molecule has 1 heterocycles. The van der Waals surface area contributed by atoms with Gasteiger partial charge in [-0.05, 0) is 45.0 Å². The van der Waals surface area contributed by atoms with E-state index >= 15 is 0 Å². The highest BCUT2D eigenvalue weighted by Gasteiger charge is 2.25. The third kappa shape index (κ3) is 5.97. The summed E-state index contributed by atoms with van der Waals surface area (Å²) in [5, 5.41) is 15.7. The summed E-state index contributed by atoms with van der Waals surface area (Å²) in [6, 6.07) is 7.22. The molecule has 8 heteroatoms. The van der Waals surface area contributed by atoms with Crippen molar-refractivity contribution in [1.29, 1.82) is 0 Å². The Balaban J connectivity index is 1.83. The van der Waals surface area contributed by atoms with Gasteiger partial charge in [0, 0.05) is 17.8 Å². The summed E-state index contributed by atoms with van der Waals surface area (Å²) in [6.45, 7) is 3.61. The summed E-state index contributed by atoms with van der Waals surface area (Å²) < 4.78 is 5.15. The topological polar surface area (TPSA) is 112 Å². The second kappa shape index (κ2) is 9.43. The van der Waals surface area contributed by atoms with Crippen molar-refractivity contribution in [2.75, 3.05) is 25.5 Å². The largest absolute Gasteiger partial charge is 0.497 e. The number of hydrogen-bond acceptors (Lipinski definition) is 6. The molecule has 3 atom stereocenters. The molecule has 0 saturated carbocycles. The highest BCUT2D eigenvalue weighted by atomic mass is 16.5. The summed E-state index contributed by atoms with van der Waals surface area (Å²) >= 11 is 0. The van der Waals surface area contributed by atoms with Crippen molar-refractivity contribution >= 4 is 11.7 Å². The zero-order chi connectivity index (χ0) is 17.4. The third-order valence-corrected chi connectivity index (χ3v) is 3.78. The molecule has 1 fully saturated rings. The standard InChI is InChI=1S/C16H28N6O2/c1-11-9-14(18-8-4-7-17)21-15(19-11)22-16(23)20-12-5-3-6-13(10-12)24-2/h3,5-6,10-11,14-15,18-19,21H,4,7-9,17H2,1-2H3,(H2,20,22,23). The van der Waals surface area contributed by atoms with Gasteiger partial charge in [0.2, 0.25) is 0 Å². The van der Waals surface area contributed by atoms with Gasteiger partial charge < -0.3 is 26.4 Å². The van der Waals surface area contributed by atoms with E-state index in [1.165, 1.54) is 0 Å². The average Bonchev–Trinajstić information content (AvgIpc) is 2.54. The Hall–Kier alpha value is -1.87. The van der Waals surface area contributed by atoms with Gasteiger partial charge in [0.25, 0.3) is 0 Å². The summed E-state index contributed by atoms with van der Waals surface area (Å²) in [5.74, 6) is 0.694. The second-order valence-electron chi connectivity index (χ2n) is 5.88. The van der Waals surface area contributed by atoms with Crippen LogP contribution in [0.4, 0.5) is 10.5 Å². The number of rotatable bonds is 7. The molecule has 1 aromatic rings. The van der Waals surface area contributed by atoms with Gasteiger partial charge in [0.1, 0.15) is 12.0 Å². The minimum absolute atomic E-state index is 0.134. The number of carbonyl (C=O) groups excluding carboxylic acids is 1. The number of anilines is 1. The smallest absolute Gasteiger partial charge is 0.321 e. The van der Waals surface area contributed by atoms with Crippen LogP contribution in [0.15, 0.2) is 24.3 Å². The molecular formula is C16H28N6O2. The number of nitrogens with two attached hydrogens (primary N) is 1. The Kier molecular flexibility index (Phi) is 7.26. The number of amides is 2. The van der Waals surface area contributed by atoms with Crippen molar-refractivity contribution in [1.82, 2.24) is 21.3 Å². The maximum absolute atomic E-state index is 12.2. The third-order valence-electron chi connectivity index (χ3n) is 3.78. The van der Waals surface area contributed by atoms with Gasteiger partial charge in [-0.15, -0.1) is 0 Å². The molecule has 2 rings (SSSR count). The van der Waals surface area contributed by atoms with Crippen LogP contribution in [0.3, 0.4) is 0 Å². The molecule has 1 aliphatic heterocycles. The molecule has 0 aliphatic carbocycles. The molecule has 134 valence electrons. The zero-order valence-corrected chi connectivity index (χ0v) is 14.3. The van der Waals surface area contributed by atoms with Crippen LogP contribution in [-0.4, -0.2) is 44.7 Å². The maximum Gasteiger partial charge on any atom is 0.321 e. The summed E-state index contributed by atoms with van der Waals surface area (Å²) in [5.41, 5.74) is 6.19. The Morgan fingerprint density at radius 1 is 1.42 bits per heavy atom. The summed E-state index contributed by atoms with van der Waals surface area (Å²) in [7, 11) is 1.59. The average molecular weight is 336 g/mol. The van der Waals surface area contributed by atoms with Crippen molar-refractivity contribution in [3.8, 4) is 5.75 Å². The van der Waals surface area contributed by atoms with Crippen LogP contribution < -0.4 is 37.1 Å².